The number of nitriles is 1. The predicted molar refractivity (Wildman–Crippen MR) is 145 cm³/mol. The van der Waals surface area contributed by atoms with Gasteiger partial charge in [-0.25, -0.2) is 19.9 Å². The van der Waals surface area contributed by atoms with E-state index in [1.54, 1.807) is 31.8 Å². The van der Waals surface area contributed by atoms with Crippen molar-refractivity contribution in [2.45, 2.75) is 50.6 Å². The molecule has 10 heteroatoms. The Labute approximate surface area is 222 Å². The minimum absolute atomic E-state index is 0.0260. The van der Waals surface area contributed by atoms with Crippen molar-refractivity contribution in [2.24, 2.45) is 0 Å². The molecule has 2 atom stereocenters. The molecule has 1 spiro atoms. The normalized spacial score (nSPS) is 21.6. The highest BCUT2D eigenvalue weighted by molar-refractivity contribution is 5.98. The van der Waals surface area contributed by atoms with Crippen LogP contribution in [0.3, 0.4) is 0 Å². The lowest BCUT2D eigenvalue weighted by atomic mass is 9.66. The summed E-state index contributed by atoms with van der Waals surface area (Å²) in [5.74, 6) is 2.51. The molecular formula is C28H31N9O. The average molecular weight is 510 g/mol. The quantitative estimate of drug-likeness (QED) is 0.564. The average Bonchev–Trinajstić information content (AvgIpc) is 3.30. The Morgan fingerprint density at radius 2 is 1.89 bits per heavy atom. The molecule has 0 bridgehead atoms. The van der Waals surface area contributed by atoms with E-state index < -0.39 is 0 Å². The summed E-state index contributed by atoms with van der Waals surface area (Å²) >= 11 is 0. The van der Waals surface area contributed by atoms with Gasteiger partial charge in [0.1, 0.15) is 23.8 Å². The summed E-state index contributed by atoms with van der Waals surface area (Å²) in [7, 11) is 1.80. The number of carbonyl (C=O) groups is 1. The molecule has 0 aromatic carbocycles. The maximum atomic E-state index is 13.5. The largest absolute Gasteiger partial charge is 0.386 e. The first-order valence-electron chi connectivity index (χ1n) is 13.2. The van der Waals surface area contributed by atoms with Crippen molar-refractivity contribution in [1.29, 1.82) is 5.26 Å². The van der Waals surface area contributed by atoms with Crippen LogP contribution in [-0.2, 0) is 5.41 Å². The van der Waals surface area contributed by atoms with Gasteiger partial charge in [-0.3, -0.25) is 4.79 Å². The number of piperazine rings is 1. The van der Waals surface area contributed by atoms with Crippen molar-refractivity contribution in [3.8, 4) is 6.07 Å². The van der Waals surface area contributed by atoms with Crippen molar-refractivity contribution in [3.05, 3.63) is 59.8 Å². The second-order valence-corrected chi connectivity index (χ2v) is 10.6. The Kier molecular flexibility index (Phi) is 5.86. The number of nitrogens with zero attached hydrogens (tertiary/aromatic N) is 8. The van der Waals surface area contributed by atoms with Crippen LogP contribution in [0.1, 0.15) is 54.7 Å². The fraction of sp³-hybridized carbons (Fsp3) is 0.429. The molecule has 0 unspecified atom stereocenters. The van der Waals surface area contributed by atoms with E-state index >= 15 is 0 Å². The maximum absolute atomic E-state index is 13.5. The first-order valence-corrected chi connectivity index (χ1v) is 13.2. The molecule has 1 amide bonds. The molecule has 3 aromatic rings. The van der Waals surface area contributed by atoms with E-state index in [2.05, 4.69) is 45.0 Å². The van der Waals surface area contributed by atoms with Crippen LogP contribution in [-0.4, -0.2) is 69.5 Å². The zero-order valence-corrected chi connectivity index (χ0v) is 21.9. The van der Waals surface area contributed by atoms with E-state index in [1.807, 2.05) is 23.1 Å². The third-order valence-corrected chi connectivity index (χ3v) is 8.31. The Morgan fingerprint density at radius 3 is 2.63 bits per heavy atom. The predicted octanol–water partition coefficient (Wildman–Crippen LogP) is 3.49. The smallest absolute Gasteiger partial charge is 0.274 e. The molecule has 3 aromatic heterocycles. The van der Waals surface area contributed by atoms with E-state index in [4.69, 9.17) is 9.97 Å². The molecule has 10 nitrogen and oxygen atoms in total. The van der Waals surface area contributed by atoms with E-state index in [-0.39, 0.29) is 23.4 Å². The van der Waals surface area contributed by atoms with Crippen LogP contribution >= 0.6 is 0 Å². The molecule has 1 saturated heterocycles. The van der Waals surface area contributed by atoms with Crippen LogP contribution in [0.15, 0.2) is 43.0 Å². The number of anilines is 4. The molecule has 2 aliphatic heterocycles. The van der Waals surface area contributed by atoms with Gasteiger partial charge in [-0.05, 0) is 51.0 Å². The zero-order chi connectivity index (χ0) is 26.4. The van der Waals surface area contributed by atoms with Crippen molar-refractivity contribution < 1.29 is 4.79 Å². The highest BCUT2D eigenvalue weighted by Gasteiger charge is 2.52. The molecule has 5 heterocycles. The Morgan fingerprint density at radius 1 is 1.08 bits per heavy atom. The second-order valence-electron chi connectivity index (χ2n) is 10.6. The third kappa shape index (κ3) is 3.72. The number of amides is 1. The Balaban J connectivity index is 1.33. The molecule has 6 rings (SSSR count). The van der Waals surface area contributed by atoms with E-state index in [0.29, 0.717) is 24.3 Å². The van der Waals surface area contributed by atoms with Gasteiger partial charge >= 0.3 is 0 Å². The van der Waals surface area contributed by atoms with Crippen LogP contribution in [0.2, 0.25) is 0 Å². The number of rotatable bonds is 4. The summed E-state index contributed by atoms with van der Waals surface area (Å²) in [6.07, 6.45) is 8.29. The van der Waals surface area contributed by atoms with E-state index in [9.17, 15) is 10.1 Å². The summed E-state index contributed by atoms with van der Waals surface area (Å²) in [5.41, 5.74) is 2.91. The molecular weight excluding hydrogens is 478 g/mol. The van der Waals surface area contributed by atoms with Gasteiger partial charge in [0, 0.05) is 62.1 Å². The summed E-state index contributed by atoms with van der Waals surface area (Å²) in [4.78, 5) is 38.5. The van der Waals surface area contributed by atoms with Gasteiger partial charge in [-0.1, -0.05) is 6.42 Å². The number of hydrogen-bond acceptors (Lipinski definition) is 9. The number of pyridine rings is 2. The van der Waals surface area contributed by atoms with Crippen LogP contribution in [0.25, 0.3) is 0 Å². The van der Waals surface area contributed by atoms with E-state index in [1.165, 1.54) is 12.0 Å². The first kappa shape index (κ1) is 24.1. The standard InChI is InChI=1S/C28H31N9O/c1-18-15-36(27(38)24-21(30-3)6-4-10-32-24)19(2)14-35(18)25-23-26(34-17-33-25)37(16-28(23)8-5-9-28)22-12-20(13-29)7-11-31-22/h4,6-7,10-12,17-19,30H,5,8-9,14-16H2,1-3H3/t18-,19+/m0/s1. The van der Waals surface area contributed by atoms with Crippen molar-refractivity contribution >= 4 is 29.0 Å². The van der Waals surface area contributed by atoms with Crippen LogP contribution in [0.5, 0.6) is 0 Å². The number of carbonyl (C=O) groups excluding carboxylic acids is 1. The summed E-state index contributed by atoms with van der Waals surface area (Å²) < 4.78 is 0. The fourth-order valence-corrected chi connectivity index (χ4v) is 6.18. The van der Waals surface area contributed by atoms with Crippen LogP contribution in [0.4, 0.5) is 23.1 Å². The second kappa shape index (κ2) is 9.24. The molecule has 2 fully saturated rings. The lowest BCUT2D eigenvalue weighted by Crippen LogP contribution is -2.59. The fourth-order valence-electron chi connectivity index (χ4n) is 6.18. The van der Waals surface area contributed by atoms with Gasteiger partial charge in [0.05, 0.1) is 17.3 Å². The third-order valence-electron chi connectivity index (χ3n) is 8.31. The van der Waals surface area contributed by atoms with Gasteiger partial charge in [-0.15, -0.1) is 0 Å². The topological polar surface area (TPSA) is 114 Å². The monoisotopic (exact) mass is 509 g/mol. The Hall–Kier alpha value is -4.26. The number of hydrogen-bond donors (Lipinski definition) is 1. The molecule has 0 radical (unpaired) electrons. The molecule has 1 aliphatic carbocycles. The van der Waals surface area contributed by atoms with Gasteiger partial charge in [0.2, 0.25) is 0 Å². The Bertz CT molecular complexity index is 1430. The highest BCUT2D eigenvalue weighted by atomic mass is 16.2. The summed E-state index contributed by atoms with van der Waals surface area (Å²) in [6.45, 7) is 6.25. The van der Waals surface area contributed by atoms with Gasteiger partial charge < -0.3 is 20.0 Å². The van der Waals surface area contributed by atoms with Gasteiger partial charge in [0.25, 0.3) is 5.91 Å². The lowest BCUT2D eigenvalue weighted by Gasteiger charge is -2.47. The number of fused-ring (bicyclic) bond motifs is 2. The van der Waals surface area contributed by atoms with Crippen LogP contribution < -0.4 is 15.1 Å². The minimum atomic E-state index is -0.0630. The minimum Gasteiger partial charge on any atom is -0.386 e. The van der Waals surface area contributed by atoms with Crippen molar-refractivity contribution in [2.75, 3.05) is 41.8 Å². The van der Waals surface area contributed by atoms with Crippen molar-refractivity contribution in [3.63, 3.8) is 0 Å². The summed E-state index contributed by atoms with van der Waals surface area (Å²) in [6, 6.07) is 9.50. The van der Waals surface area contributed by atoms with Gasteiger partial charge in [0.15, 0.2) is 5.69 Å². The lowest BCUT2D eigenvalue weighted by molar-refractivity contribution is 0.0638. The number of nitrogens with one attached hydrogen (secondary N) is 1. The molecule has 1 saturated carbocycles. The highest BCUT2D eigenvalue weighted by Crippen LogP contribution is 2.56. The number of aromatic nitrogens is 4. The summed E-state index contributed by atoms with van der Waals surface area (Å²) in [5, 5.41) is 12.5. The zero-order valence-electron chi connectivity index (χ0n) is 21.9. The van der Waals surface area contributed by atoms with E-state index in [0.717, 1.165) is 42.5 Å². The molecule has 3 aliphatic rings. The first-order chi connectivity index (χ1) is 18.5. The maximum Gasteiger partial charge on any atom is 0.274 e. The SMILES string of the molecule is CNc1cccnc1C(=O)N1C[C@H](C)N(c2ncnc3c2C2(CCC2)CN3c2cc(C#N)ccn2)C[C@H]1C. The molecule has 1 N–H and O–H groups in total. The molecule has 38 heavy (non-hydrogen) atoms. The van der Waals surface area contributed by atoms with Crippen molar-refractivity contribution in [1.82, 2.24) is 24.8 Å². The molecule has 194 valence electrons. The van der Waals surface area contributed by atoms with Gasteiger partial charge in [-0.2, -0.15) is 5.26 Å². The van der Waals surface area contributed by atoms with Crippen LogP contribution in [0, 0.1) is 11.3 Å².